The molecule has 11 heteroatoms. The Morgan fingerprint density at radius 3 is 2.73 bits per heavy atom. The van der Waals surface area contributed by atoms with E-state index in [1.807, 2.05) is 0 Å². The van der Waals surface area contributed by atoms with Gasteiger partial charge in [-0.25, -0.2) is 12.8 Å². The number of carbonyl (C=O) groups is 2. The molecule has 0 unspecified atom stereocenters. The van der Waals surface area contributed by atoms with E-state index < -0.39 is 33.6 Å². The predicted octanol–water partition coefficient (Wildman–Crippen LogP) is 2.05. The van der Waals surface area contributed by atoms with E-state index in [0.29, 0.717) is 4.47 Å². The fourth-order valence-corrected chi connectivity index (χ4v) is 7.16. The second kappa shape index (κ2) is 7.28. The quantitative estimate of drug-likeness (QED) is 0.726. The number of anilines is 1. The molecule has 3 rings (SSSR count). The van der Waals surface area contributed by atoms with E-state index in [2.05, 4.69) is 20.9 Å². The highest BCUT2D eigenvalue weighted by atomic mass is 79.9. The molecule has 0 aliphatic carbocycles. The van der Waals surface area contributed by atoms with Crippen LogP contribution in [0.1, 0.15) is 12.8 Å². The van der Waals surface area contributed by atoms with Crippen LogP contribution in [-0.4, -0.2) is 53.4 Å². The summed E-state index contributed by atoms with van der Waals surface area (Å²) < 4.78 is 38.9. The molecule has 0 bridgehead atoms. The molecular formula is C15H14BrFN2O5S2. The standard InChI is InChI=1S/C15H14BrFN2O5S2/c16-8-1-2-10(9(17)5-8)19-11-6-26(23,24)7-12(11)25-15(19)18-13(20)3-4-14(21)22/h1-2,5,11-12H,3-4,6-7H2,(H,21,22)/t11-,12+/m1/s1. The highest BCUT2D eigenvalue weighted by Gasteiger charge is 2.49. The first-order chi connectivity index (χ1) is 12.2. The Morgan fingerprint density at radius 1 is 1.35 bits per heavy atom. The summed E-state index contributed by atoms with van der Waals surface area (Å²) in [6.45, 7) is 0. The zero-order valence-corrected chi connectivity index (χ0v) is 16.5. The van der Waals surface area contributed by atoms with Crippen molar-refractivity contribution in [1.29, 1.82) is 0 Å². The van der Waals surface area contributed by atoms with Gasteiger partial charge >= 0.3 is 5.97 Å². The Labute approximate surface area is 161 Å². The number of benzene rings is 1. The molecule has 0 spiro atoms. The second-order valence-electron chi connectivity index (χ2n) is 5.95. The Kier molecular flexibility index (Phi) is 5.40. The highest BCUT2D eigenvalue weighted by Crippen LogP contribution is 2.42. The molecule has 26 heavy (non-hydrogen) atoms. The van der Waals surface area contributed by atoms with Gasteiger partial charge in [0, 0.05) is 16.1 Å². The summed E-state index contributed by atoms with van der Waals surface area (Å²) in [5.41, 5.74) is 0.134. The third kappa shape index (κ3) is 4.09. The van der Waals surface area contributed by atoms with E-state index in [0.717, 1.165) is 11.8 Å². The van der Waals surface area contributed by atoms with Gasteiger partial charge < -0.3 is 10.0 Å². The van der Waals surface area contributed by atoms with Gasteiger partial charge in [-0.15, -0.1) is 0 Å². The lowest BCUT2D eigenvalue weighted by Gasteiger charge is -2.25. The van der Waals surface area contributed by atoms with Crippen LogP contribution in [0.25, 0.3) is 0 Å². The zero-order chi connectivity index (χ0) is 19.1. The van der Waals surface area contributed by atoms with Crippen LogP contribution in [-0.2, 0) is 19.4 Å². The third-order valence-electron chi connectivity index (χ3n) is 4.01. The van der Waals surface area contributed by atoms with Crippen molar-refractivity contribution < 1.29 is 27.5 Å². The van der Waals surface area contributed by atoms with Crippen molar-refractivity contribution in [2.75, 3.05) is 16.4 Å². The maximum absolute atomic E-state index is 14.5. The minimum absolute atomic E-state index is 0.0701. The Hall–Kier alpha value is -1.46. The van der Waals surface area contributed by atoms with Crippen molar-refractivity contribution in [2.45, 2.75) is 24.1 Å². The number of rotatable bonds is 4. The number of aliphatic imine (C=N–C) groups is 1. The Morgan fingerprint density at radius 2 is 2.08 bits per heavy atom. The van der Waals surface area contributed by atoms with E-state index in [1.54, 1.807) is 6.07 Å². The molecule has 2 aliphatic rings. The molecule has 140 valence electrons. The van der Waals surface area contributed by atoms with E-state index in [9.17, 15) is 22.4 Å². The average Bonchev–Trinajstić information content (AvgIpc) is 2.97. The lowest BCUT2D eigenvalue weighted by atomic mass is 10.2. The number of nitrogens with zero attached hydrogens (tertiary/aromatic N) is 2. The van der Waals surface area contributed by atoms with Gasteiger partial charge in [-0.2, -0.15) is 4.99 Å². The zero-order valence-electron chi connectivity index (χ0n) is 13.3. The summed E-state index contributed by atoms with van der Waals surface area (Å²) in [4.78, 5) is 27.9. The highest BCUT2D eigenvalue weighted by molar-refractivity contribution is 9.10. The van der Waals surface area contributed by atoms with Crippen LogP contribution in [0.5, 0.6) is 0 Å². The number of amides is 1. The van der Waals surface area contributed by atoms with Crippen molar-refractivity contribution in [3.63, 3.8) is 0 Å². The molecule has 2 heterocycles. The normalized spacial score (nSPS) is 25.5. The summed E-state index contributed by atoms with van der Waals surface area (Å²) >= 11 is 4.28. The lowest BCUT2D eigenvalue weighted by molar-refractivity contribution is -0.138. The van der Waals surface area contributed by atoms with Crippen LogP contribution in [0.4, 0.5) is 10.1 Å². The summed E-state index contributed by atoms with van der Waals surface area (Å²) in [6.07, 6.45) is -0.627. The van der Waals surface area contributed by atoms with Crippen molar-refractivity contribution in [2.24, 2.45) is 4.99 Å². The van der Waals surface area contributed by atoms with Gasteiger partial charge in [0.25, 0.3) is 0 Å². The fraction of sp³-hybridized carbons (Fsp3) is 0.400. The van der Waals surface area contributed by atoms with E-state index in [1.165, 1.54) is 17.0 Å². The first-order valence-corrected chi connectivity index (χ1v) is 11.1. The number of carbonyl (C=O) groups excluding carboxylic acids is 1. The summed E-state index contributed by atoms with van der Waals surface area (Å²) in [5, 5.41) is 8.52. The molecular weight excluding hydrogens is 451 g/mol. The molecule has 0 radical (unpaired) electrons. The molecule has 0 saturated carbocycles. The minimum Gasteiger partial charge on any atom is -0.481 e. The number of hydrogen-bond donors (Lipinski definition) is 1. The largest absolute Gasteiger partial charge is 0.481 e. The molecule has 2 atom stereocenters. The van der Waals surface area contributed by atoms with Crippen LogP contribution in [0.15, 0.2) is 27.7 Å². The minimum atomic E-state index is -3.25. The molecule has 2 aliphatic heterocycles. The molecule has 1 N–H and O–H groups in total. The molecule has 0 aromatic heterocycles. The van der Waals surface area contributed by atoms with Crippen molar-refractivity contribution in [3.05, 3.63) is 28.5 Å². The third-order valence-corrected chi connectivity index (χ3v) is 7.71. The van der Waals surface area contributed by atoms with Gasteiger partial charge in [-0.05, 0) is 18.2 Å². The Bertz CT molecular complexity index is 905. The van der Waals surface area contributed by atoms with Crippen LogP contribution in [0.2, 0.25) is 0 Å². The number of fused-ring (bicyclic) bond motifs is 1. The number of hydrogen-bond acceptors (Lipinski definition) is 5. The number of halogens is 2. The van der Waals surface area contributed by atoms with E-state index >= 15 is 0 Å². The molecule has 2 saturated heterocycles. The second-order valence-corrected chi connectivity index (χ2v) is 10.2. The van der Waals surface area contributed by atoms with Gasteiger partial charge in [0.15, 0.2) is 15.0 Å². The predicted molar refractivity (Wildman–Crippen MR) is 99.7 cm³/mol. The molecule has 1 aromatic rings. The maximum atomic E-state index is 14.5. The number of thioether (sulfide) groups is 1. The lowest BCUT2D eigenvalue weighted by Crippen LogP contribution is -2.38. The first-order valence-electron chi connectivity index (χ1n) is 7.61. The van der Waals surface area contributed by atoms with Gasteiger partial charge in [0.05, 0.1) is 29.7 Å². The fourth-order valence-electron chi connectivity index (χ4n) is 2.90. The molecule has 2 fully saturated rings. The number of aliphatic carboxylic acids is 1. The van der Waals surface area contributed by atoms with E-state index in [-0.39, 0.29) is 40.5 Å². The monoisotopic (exact) mass is 464 g/mol. The summed E-state index contributed by atoms with van der Waals surface area (Å²) in [5.74, 6) is -2.55. The van der Waals surface area contributed by atoms with Crippen molar-refractivity contribution >= 4 is 60.3 Å². The van der Waals surface area contributed by atoms with Gasteiger partial charge in [0.1, 0.15) is 5.82 Å². The van der Waals surface area contributed by atoms with Crippen LogP contribution >= 0.6 is 27.7 Å². The topological polar surface area (TPSA) is 104 Å². The van der Waals surface area contributed by atoms with Gasteiger partial charge in [0.2, 0.25) is 5.91 Å². The molecule has 1 aromatic carbocycles. The first kappa shape index (κ1) is 19.3. The van der Waals surface area contributed by atoms with E-state index in [4.69, 9.17) is 5.11 Å². The SMILES string of the molecule is O=C(O)CCC(=O)N=C1S[C@H]2CS(=O)(=O)C[C@H]2N1c1ccc(Br)cc1F. The Balaban J connectivity index is 1.96. The van der Waals surface area contributed by atoms with Crippen LogP contribution in [0.3, 0.4) is 0 Å². The summed E-state index contributed by atoms with van der Waals surface area (Å²) in [7, 11) is -3.25. The number of carboxylic acid groups (broad SMARTS) is 1. The van der Waals surface area contributed by atoms with Crippen molar-refractivity contribution in [1.82, 2.24) is 0 Å². The average molecular weight is 465 g/mol. The van der Waals surface area contributed by atoms with Crippen molar-refractivity contribution in [3.8, 4) is 0 Å². The van der Waals surface area contributed by atoms with Crippen LogP contribution < -0.4 is 4.90 Å². The molecule has 1 amide bonds. The van der Waals surface area contributed by atoms with Gasteiger partial charge in [-0.3, -0.25) is 9.59 Å². The smallest absolute Gasteiger partial charge is 0.303 e. The number of carboxylic acids is 1. The van der Waals surface area contributed by atoms with Gasteiger partial charge in [-0.1, -0.05) is 27.7 Å². The number of sulfone groups is 1. The summed E-state index contributed by atoms with van der Waals surface area (Å²) in [6, 6.07) is 3.83. The molecule has 7 nitrogen and oxygen atoms in total. The number of amidine groups is 1. The van der Waals surface area contributed by atoms with Crippen LogP contribution in [0, 0.1) is 5.82 Å². The maximum Gasteiger partial charge on any atom is 0.303 e.